The normalized spacial score (nSPS) is 26.2. The molecule has 1 fully saturated rings. The standard InChI is InChI=1S/C10H13NO3/c1-2-9(12)7-3-5-8(6-4-7)11-10(13)14/h1,7-8,11H,3-6H2,(H,13,14)/t7-,8-. The Hall–Kier alpha value is -1.50. The fourth-order valence-electron chi connectivity index (χ4n) is 1.79. The van der Waals surface area contributed by atoms with Crippen LogP contribution in [0.15, 0.2) is 0 Å². The van der Waals surface area contributed by atoms with E-state index in [2.05, 4.69) is 11.2 Å². The lowest BCUT2D eigenvalue weighted by molar-refractivity contribution is -0.118. The number of carbonyl (C=O) groups excluding carboxylic acids is 1. The van der Waals surface area contributed by atoms with Crippen LogP contribution in [0.2, 0.25) is 0 Å². The number of hydrogen-bond donors (Lipinski definition) is 2. The molecule has 1 aliphatic rings. The largest absolute Gasteiger partial charge is 0.465 e. The van der Waals surface area contributed by atoms with Crippen LogP contribution in [0.3, 0.4) is 0 Å². The second-order valence-electron chi connectivity index (χ2n) is 3.51. The molecule has 0 aromatic heterocycles. The van der Waals surface area contributed by atoms with Crippen molar-refractivity contribution in [2.24, 2.45) is 5.92 Å². The second-order valence-corrected chi connectivity index (χ2v) is 3.51. The van der Waals surface area contributed by atoms with Gasteiger partial charge in [-0.3, -0.25) is 4.79 Å². The van der Waals surface area contributed by atoms with Gasteiger partial charge >= 0.3 is 6.09 Å². The van der Waals surface area contributed by atoms with E-state index in [1.54, 1.807) is 0 Å². The molecule has 1 saturated carbocycles. The molecule has 2 N–H and O–H groups in total. The van der Waals surface area contributed by atoms with Gasteiger partial charge in [0.2, 0.25) is 5.78 Å². The number of amides is 1. The van der Waals surface area contributed by atoms with Crippen LogP contribution in [0.25, 0.3) is 0 Å². The van der Waals surface area contributed by atoms with Gasteiger partial charge < -0.3 is 10.4 Å². The van der Waals surface area contributed by atoms with Crippen molar-refractivity contribution in [2.45, 2.75) is 31.7 Å². The van der Waals surface area contributed by atoms with E-state index in [-0.39, 0.29) is 17.7 Å². The number of Topliss-reactive ketones (excluding diaryl/α,β-unsaturated/α-hetero) is 1. The monoisotopic (exact) mass is 195 g/mol. The van der Waals surface area contributed by atoms with Crippen LogP contribution < -0.4 is 5.32 Å². The Morgan fingerprint density at radius 2 is 1.86 bits per heavy atom. The quantitative estimate of drug-likeness (QED) is 0.510. The van der Waals surface area contributed by atoms with Crippen LogP contribution in [-0.2, 0) is 4.79 Å². The molecule has 0 aromatic rings. The molecule has 0 unspecified atom stereocenters. The Bertz CT molecular complexity index is 272. The van der Waals surface area contributed by atoms with Gasteiger partial charge in [-0.25, -0.2) is 4.79 Å². The molecule has 4 heteroatoms. The average Bonchev–Trinajstić information content (AvgIpc) is 2.17. The summed E-state index contributed by atoms with van der Waals surface area (Å²) in [5, 5.41) is 10.9. The maximum atomic E-state index is 11.1. The summed E-state index contributed by atoms with van der Waals surface area (Å²) >= 11 is 0. The molecule has 14 heavy (non-hydrogen) atoms. The molecule has 1 aliphatic carbocycles. The smallest absolute Gasteiger partial charge is 0.404 e. The zero-order chi connectivity index (χ0) is 10.6. The molecule has 0 saturated heterocycles. The zero-order valence-electron chi connectivity index (χ0n) is 7.82. The number of terminal acetylenes is 1. The Morgan fingerprint density at radius 3 is 2.29 bits per heavy atom. The van der Waals surface area contributed by atoms with E-state index in [0.29, 0.717) is 25.7 Å². The molecular formula is C10H13NO3. The van der Waals surface area contributed by atoms with Gasteiger partial charge in [0.25, 0.3) is 0 Å². The first-order chi connectivity index (χ1) is 6.63. The number of ketones is 1. The third-order valence-corrected chi connectivity index (χ3v) is 2.57. The summed E-state index contributed by atoms with van der Waals surface area (Å²) in [5.41, 5.74) is 0. The summed E-state index contributed by atoms with van der Waals surface area (Å²) < 4.78 is 0. The average molecular weight is 195 g/mol. The molecule has 1 rings (SSSR count). The van der Waals surface area contributed by atoms with Crippen molar-refractivity contribution < 1.29 is 14.7 Å². The van der Waals surface area contributed by atoms with E-state index in [1.807, 2.05) is 0 Å². The van der Waals surface area contributed by atoms with Crippen molar-refractivity contribution in [3.8, 4) is 12.3 Å². The summed E-state index contributed by atoms with van der Waals surface area (Å²) in [6.45, 7) is 0. The highest BCUT2D eigenvalue weighted by Crippen LogP contribution is 2.24. The van der Waals surface area contributed by atoms with Crippen LogP contribution in [0.5, 0.6) is 0 Å². The van der Waals surface area contributed by atoms with Gasteiger partial charge in [-0.2, -0.15) is 0 Å². The van der Waals surface area contributed by atoms with E-state index >= 15 is 0 Å². The third-order valence-electron chi connectivity index (χ3n) is 2.57. The van der Waals surface area contributed by atoms with Gasteiger partial charge in [-0.15, -0.1) is 6.42 Å². The molecule has 0 radical (unpaired) electrons. The molecule has 0 aromatic carbocycles. The Labute approximate surface area is 82.7 Å². The van der Waals surface area contributed by atoms with Gasteiger partial charge in [0.15, 0.2) is 0 Å². The minimum atomic E-state index is -1.00. The topological polar surface area (TPSA) is 66.4 Å². The molecule has 0 heterocycles. The summed E-state index contributed by atoms with van der Waals surface area (Å²) in [5.74, 6) is 1.90. The molecule has 0 atom stereocenters. The maximum Gasteiger partial charge on any atom is 0.404 e. The van der Waals surface area contributed by atoms with Gasteiger partial charge in [0.1, 0.15) is 0 Å². The molecule has 0 aliphatic heterocycles. The first-order valence-electron chi connectivity index (χ1n) is 4.63. The van der Waals surface area contributed by atoms with E-state index in [4.69, 9.17) is 11.5 Å². The van der Waals surface area contributed by atoms with E-state index < -0.39 is 6.09 Å². The van der Waals surface area contributed by atoms with Crippen molar-refractivity contribution >= 4 is 11.9 Å². The van der Waals surface area contributed by atoms with Gasteiger partial charge in [-0.1, -0.05) is 0 Å². The fraction of sp³-hybridized carbons (Fsp3) is 0.600. The van der Waals surface area contributed by atoms with Crippen LogP contribution in [-0.4, -0.2) is 23.0 Å². The van der Waals surface area contributed by atoms with Crippen molar-refractivity contribution in [1.82, 2.24) is 5.32 Å². The highest BCUT2D eigenvalue weighted by Gasteiger charge is 2.25. The van der Waals surface area contributed by atoms with Gasteiger partial charge in [-0.05, 0) is 31.6 Å². The minimum Gasteiger partial charge on any atom is -0.465 e. The van der Waals surface area contributed by atoms with Crippen LogP contribution >= 0.6 is 0 Å². The van der Waals surface area contributed by atoms with Crippen LogP contribution in [0.4, 0.5) is 4.79 Å². The van der Waals surface area contributed by atoms with Crippen LogP contribution in [0, 0.1) is 18.3 Å². The van der Waals surface area contributed by atoms with Gasteiger partial charge in [0.05, 0.1) is 0 Å². The predicted molar refractivity (Wildman–Crippen MR) is 50.7 cm³/mol. The SMILES string of the molecule is C#CC(=O)[C@H]1CC[C@H](NC(=O)O)CC1. The Morgan fingerprint density at radius 1 is 1.29 bits per heavy atom. The summed E-state index contributed by atoms with van der Waals surface area (Å²) in [6, 6.07) is -0.0191. The van der Waals surface area contributed by atoms with E-state index in [0.717, 1.165) is 0 Å². The van der Waals surface area contributed by atoms with Gasteiger partial charge in [0, 0.05) is 12.0 Å². The van der Waals surface area contributed by atoms with Crippen molar-refractivity contribution in [1.29, 1.82) is 0 Å². The number of carbonyl (C=O) groups is 2. The number of carboxylic acid groups (broad SMARTS) is 1. The molecule has 0 spiro atoms. The predicted octanol–water partition coefficient (Wildman–Crippen LogP) is 1.02. The number of rotatable bonds is 2. The molecule has 1 amide bonds. The maximum absolute atomic E-state index is 11.1. The first kappa shape index (κ1) is 10.6. The highest BCUT2D eigenvalue weighted by molar-refractivity contribution is 5.96. The molecule has 76 valence electrons. The first-order valence-corrected chi connectivity index (χ1v) is 4.63. The minimum absolute atomic E-state index is 0.0191. The molecule has 4 nitrogen and oxygen atoms in total. The summed E-state index contributed by atoms with van der Waals surface area (Å²) in [6.07, 6.45) is 6.78. The number of hydrogen-bond acceptors (Lipinski definition) is 2. The van der Waals surface area contributed by atoms with Crippen molar-refractivity contribution in [3.63, 3.8) is 0 Å². The molecule has 0 bridgehead atoms. The Balaban J connectivity index is 2.35. The third kappa shape index (κ3) is 2.77. The van der Waals surface area contributed by atoms with E-state index in [1.165, 1.54) is 0 Å². The van der Waals surface area contributed by atoms with Crippen LogP contribution in [0.1, 0.15) is 25.7 Å². The van der Waals surface area contributed by atoms with Crippen molar-refractivity contribution in [2.75, 3.05) is 0 Å². The lowest BCUT2D eigenvalue weighted by atomic mass is 9.84. The van der Waals surface area contributed by atoms with Crippen molar-refractivity contribution in [3.05, 3.63) is 0 Å². The fourth-order valence-corrected chi connectivity index (χ4v) is 1.79. The number of nitrogens with one attached hydrogen (secondary N) is 1. The molecular weight excluding hydrogens is 182 g/mol. The highest BCUT2D eigenvalue weighted by atomic mass is 16.4. The lowest BCUT2D eigenvalue weighted by Crippen LogP contribution is -2.37. The zero-order valence-corrected chi connectivity index (χ0v) is 7.82. The second kappa shape index (κ2) is 4.66. The lowest BCUT2D eigenvalue weighted by Gasteiger charge is -2.26. The summed E-state index contributed by atoms with van der Waals surface area (Å²) in [7, 11) is 0. The van der Waals surface area contributed by atoms with E-state index in [9.17, 15) is 9.59 Å². The summed E-state index contributed by atoms with van der Waals surface area (Å²) in [4.78, 5) is 21.5. The Kier molecular flexibility index (Phi) is 3.52.